The Labute approximate surface area is 142 Å². The van der Waals surface area contributed by atoms with Crippen LogP contribution in [0.2, 0.25) is 0 Å². The number of halogens is 3. The first kappa shape index (κ1) is 16.7. The van der Waals surface area contributed by atoms with Crippen molar-refractivity contribution in [3.05, 3.63) is 67.9 Å². The molecular formula is C17H18Br2FN. The smallest absolute Gasteiger partial charge is 0.124 e. The van der Waals surface area contributed by atoms with Crippen molar-refractivity contribution in [2.75, 3.05) is 6.54 Å². The Morgan fingerprint density at radius 3 is 2.52 bits per heavy atom. The highest BCUT2D eigenvalue weighted by Gasteiger charge is 2.15. The van der Waals surface area contributed by atoms with Crippen LogP contribution in [-0.2, 0) is 6.42 Å². The zero-order valence-electron chi connectivity index (χ0n) is 12.1. The Balaban J connectivity index is 2.30. The molecule has 0 amide bonds. The molecule has 0 radical (unpaired) electrons. The van der Waals surface area contributed by atoms with Crippen molar-refractivity contribution in [2.45, 2.75) is 26.3 Å². The third-order valence-corrected chi connectivity index (χ3v) is 4.49. The lowest BCUT2D eigenvalue weighted by molar-refractivity contribution is 0.544. The van der Waals surface area contributed by atoms with Crippen LogP contribution in [0.5, 0.6) is 0 Å². The maximum atomic E-state index is 13.5. The molecule has 1 unspecified atom stereocenters. The second-order valence-corrected chi connectivity index (χ2v) is 6.89. The quantitative estimate of drug-likeness (QED) is 0.675. The standard InChI is InChI=1S/C17H18Br2FN/c1-3-21-17(15-5-4-11(2)6-16(15)19)9-12-7-13(18)10-14(20)8-12/h4-8,10,17,21H,3,9H2,1-2H3. The lowest BCUT2D eigenvalue weighted by atomic mass is 9.98. The lowest BCUT2D eigenvalue weighted by Crippen LogP contribution is -2.23. The third kappa shape index (κ3) is 4.63. The van der Waals surface area contributed by atoms with Gasteiger partial charge in [-0.25, -0.2) is 4.39 Å². The van der Waals surface area contributed by atoms with Gasteiger partial charge < -0.3 is 5.32 Å². The van der Waals surface area contributed by atoms with Gasteiger partial charge in [-0.2, -0.15) is 0 Å². The SMILES string of the molecule is CCNC(Cc1cc(F)cc(Br)c1)c1ccc(C)cc1Br. The highest BCUT2D eigenvalue weighted by molar-refractivity contribution is 9.10. The minimum absolute atomic E-state index is 0.152. The Morgan fingerprint density at radius 2 is 1.90 bits per heavy atom. The Morgan fingerprint density at radius 1 is 1.14 bits per heavy atom. The summed E-state index contributed by atoms with van der Waals surface area (Å²) in [5.41, 5.74) is 3.39. The highest BCUT2D eigenvalue weighted by Crippen LogP contribution is 2.28. The van der Waals surface area contributed by atoms with Crippen LogP contribution < -0.4 is 5.32 Å². The molecule has 0 aliphatic carbocycles. The van der Waals surface area contributed by atoms with Crippen LogP contribution in [-0.4, -0.2) is 6.54 Å². The minimum atomic E-state index is -0.211. The zero-order chi connectivity index (χ0) is 15.4. The fraction of sp³-hybridized carbons (Fsp3) is 0.294. The second kappa shape index (κ2) is 7.52. The van der Waals surface area contributed by atoms with Gasteiger partial charge >= 0.3 is 0 Å². The molecule has 1 nitrogen and oxygen atoms in total. The van der Waals surface area contributed by atoms with Crippen LogP contribution in [0.4, 0.5) is 4.39 Å². The van der Waals surface area contributed by atoms with Gasteiger partial charge in [-0.15, -0.1) is 0 Å². The molecule has 2 rings (SSSR count). The Hall–Kier alpha value is -0.710. The summed E-state index contributed by atoms with van der Waals surface area (Å²) in [4.78, 5) is 0. The van der Waals surface area contributed by atoms with E-state index in [1.165, 1.54) is 17.2 Å². The monoisotopic (exact) mass is 413 g/mol. The number of aryl methyl sites for hydroxylation is 1. The van der Waals surface area contributed by atoms with Crippen LogP contribution in [0.3, 0.4) is 0 Å². The van der Waals surface area contributed by atoms with E-state index in [4.69, 9.17) is 0 Å². The van der Waals surface area contributed by atoms with Crippen molar-refractivity contribution in [1.82, 2.24) is 5.32 Å². The number of rotatable bonds is 5. The van der Waals surface area contributed by atoms with E-state index in [0.29, 0.717) is 0 Å². The van der Waals surface area contributed by atoms with Gasteiger partial charge in [0.05, 0.1) is 0 Å². The predicted molar refractivity (Wildman–Crippen MR) is 93.1 cm³/mol. The van der Waals surface area contributed by atoms with Crippen LogP contribution in [0.25, 0.3) is 0 Å². The largest absolute Gasteiger partial charge is 0.310 e. The number of likely N-dealkylation sites (N-methyl/N-ethyl adjacent to an activating group) is 1. The summed E-state index contributed by atoms with van der Waals surface area (Å²) in [6, 6.07) is 11.5. The summed E-state index contributed by atoms with van der Waals surface area (Å²) < 4.78 is 15.4. The summed E-state index contributed by atoms with van der Waals surface area (Å²) in [5.74, 6) is -0.211. The number of hydrogen-bond donors (Lipinski definition) is 1. The summed E-state index contributed by atoms with van der Waals surface area (Å²) in [7, 11) is 0. The molecule has 2 aromatic carbocycles. The third-order valence-electron chi connectivity index (χ3n) is 3.34. The van der Waals surface area contributed by atoms with E-state index in [-0.39, 0.29) is 11.9 Å². The highest BCUT2D eigenvalue weighted by atomic mass is 79.9. The minimum Gasteiger partial charge on any atom is -0.310 e. The molecule has 0 spiro atoms. The molecule has 0 saturated carbocycles. The molecule has 0 bridgehead atoms. The van der Waals surface area contributed by atoms with Crippen LogP contribution >= 0.6 is 31.9 Å². The summed E-state index contributed by atoms with van der Waals surface area (Å²) in [6.07, 6.45) is 0.742. The van der Waals surface area contributed by atoms with E-state index in [1.807, 2.05) is 6.07 Å². The van der Waals surface area contributed by atoms with Gasteiger partial charge in [-0.1, -0.05) is 50.9 Å². The van der Waals surface area contributed by atoms with Gasteiger partial charge in [0.2, 0.25) is 0 Å². The van der Waals surface area contributed by atoms with Crippen molar-refractivity contribution in [2.24, 2.45) is 0 Å². The molecule has 4 heteroatoms. The fourth-order valence-corrected chi connectivity index (χ4v) is 3.70. The maximum absolute atomic E-state index is 13.5. The molecule has 0 aromatic heterocycles. The normalized spacial score (nSPS) is 12.4. The van der Waals surface area contributed by atoms with Gasteiger partial charge in [-0.3, -0.25) is 0 Å². The lowest BCUT2D eigenvalue weighted by Gasteiger charge is -2.20. The van der Waals surface area contributed by atoms with Gasteiger partial charge in [0.1, 0.15) is 5.82 Å². The fourth-order valence-electron chi connectivity index (χ4n) is 2.42. The van der Waals surface area contributed by atoms with Crippen molar-refractivity contribution in [1.29, 1.82) is 0 Å². The average Bonchev–Trinajstić information content (AvgIpc) is 2.37. The van der Waals surface area contributed by atoms with E-state index in [1.54, 1.807) is 6.07 Å². The molecule has 0 heterocycles. The average molecular weight is 415 g/mol. The summed E-state index contributed by atoms with van der Waals surface area (Å²) in [5, 5.41) is 3.48. The van der Waals surface area contributed by atoms with Crippen LogP contribution in [0.15, 0.2) is 45.3 Å². The molecule has 0 saturated heterocycles. The van der Waals surface area contributed by atoms with Gasteiger partial charge in [0.25, 0.3) is 0 Å². The van der Waals surface area contributed by atoms with Gasteiger partial charge in [0, 0.05) is 15.0 Å². The van der Waals surface area contributed by atoms with E-state index >= 15 is 0 Å². The van der Waals surface area contributed by atoms with Gasteiger partial charge in [-0.05, 0) is 60.8 Å². The van der Waals surface area contributed by atoms with Crippen molar-refractivity contribution < 1.29 is 4.39 Å². The maximum Gasteiger partial charge on any atom is 0.124 e. The zero-order valence-corrected chi connectivity index (χ0v) is 15.3. The van der Waals surface area contributed by atoms with Gasteiger partial charge in [0.15, 0.2) is 0 Å². The number of benzene rings is 2. The molecule has 21 heavy (non-hydrogen) atoms. The Kier molecular flexibility index (Phi) is 5.97. The first-order chi connectivity index (χ1) is 9.99. The van der Waals surface area contributed by atoms with Crippen LogP contribution in [0.1, 0.15) is 29.7 Å². The summed E-state index contributed by atoms with van der Waals surface area (Å²) >= 11 is 6.99. The number of nitrogens with one attached hydrogen (secondary N) is 1. The molecular weight excluding hydrogens is 397 g/mol. The first-order valence-corrected chi connectivity index (χ1v) is 8.52. The van der Waals surface area contributed by atoms with Crippen molar-refractivity contribution in [3.63, 3.8) is 0 Å². The Bertz CT molecular complexity index is 608. The first-order valence-electron chi connectivity index (χ1n) is 6.94. The molecule has 0 fully saturated rings. The van der Waals surface area contributed by atoms with Crippen molar-refractivity contribution in [3.8, 4) is 0 Å². The van der Waals surface area contributed by atoms with E-state index in [2.05, 4.69) is 69.2 Å². The van der Waals surface area contributed by atoms with E-state index in [0.717, 1.165) is 27.5 Å². The molecule has 1 atom stereocenters. The molecule has 1 N–H and O–H groups in total. The van der Waals surface area contributed by atoms with E-state index in [9.17, 15) is 4.39 Å². The molecule has 0 aliphatic rings. The molecule has 0 aliphatic heterocycles. The van der Waals surface area contributed by atoms with E-state index < -0.39 is 0 Å². The van der Waals surface area contributed by atoms with Crippen LogP contribution in [0, 0.1) is 12.7 Å². The predicted octanol–water partition coefficient (Wildman–Crippen LogP) is 5.55. The van der Waals surface area contributed by atoms with Crippen molar-refractivity contribution >= 4 is 31.9 Å². The second-order valence-electron chi connectivity index (χ2n) is 5.12. The summed E-state index contributed by atoms with van der Waals surface area (Å²) in [6.45, 7) is 5.01. The topological polar surface area (TPSA) is 12.0 Å². The molecule has 2 aromatic rings. The number of hydrogen-bond acceptors (Lipinski definition) is 1. The molecule has 112 valence electrons.